The maximum absolute atomic E-state index is 14.5. The van der Waals surface area contributed by atoms with Crippen LogP contribution >= 0.6 is 0 Å². The van der Waals surface area contributed by atoms with Crippen LogP contribution in [0.4, 0.5) is 15.8 Å². The van der Waals surface area contributed by atoms with Crippen molar-refractivity contribution in [1.29, 1.82) is 0 Å². The third-order valence-electron chi connectivity index (χ3n) is 4.29. The van der Waals surface area contributed by atoms with Gasteiger partial charge in [0, 0.05) is 36.4 Å². The number of likely N-dealkylation sites (N-methyl/N-ethyl adjacent to an activating group) is 1. The van der Waals surface area contributed by atoms with E-state index < -0.39 is 0 Å². The van der Waals surface area contributed by atoms with Gasteiger partial charge in [0.15, 0.2) is 5.82 Å². The monoisotopic (exact) mass is 288 g/mol. The molecule has 0 radical (unpaired) electrons. The first-order valence-electron chi connectivity index (χ1n) is 7.32. The molecule has 0 amide bonds. The minimum Gasteiger partial charge on any atom is -0.398 e. The quantitative estimate of drug-likeness (QED) is 0.862. The minimum absolute atomic E-state index is 0.280. The SMILES string of the molecule is CN(C)C1CCCN(c2c(F)cc(N)c3cccnc23)C1. The Morgan fingerprint density at radius 2 is 2.24 bits per heavy atom. The Bertz CT molecular complexity index is 656. The Kier molecular flexibility index (Phi) is 3.68. The van der Waals surface area contributed by atoms with Crippen LogP contribution in [0.2, 0.25) is 0 Å². The summed E-state index contributed by atoms with van der Waals surface area (Å²) in [6.07, 6.45) is 3.89. The summed E-state index contributed by atoms with van der Waals surface area (Å²) in [4.78, 5) is 8.69. The van der Waals surface area contributed by atoms with Gasteiger partial charge in [-0.25, -0.2) is 4.39 Å². The number of hydrogen-bond donors (Lipinski definition) is 1. The Morgan fingerprint density at radius 3 is 3.00 bits per heavy atom. The Labute approximate surface area is 124 Å². The van der Waals surface area contributed by atoms with Crippen LogP contribution in [0.25, 0.3) is 10.9 Å². The largest absolute Gasteiger partial charge is 0.398 e. The summed E-state index contributed by atoms with van der Waals surface area (Å²) in [6, 6.07) is 5.58. The highest BCUT2D eigenvalue weighted by atomic mass is 19.1. The standard InChI is InChI=1S/C16H21FN4/c1-20(2)11-5-4-8-21(10-11)16-13(17)9-14(18)12-6-3-7-19-15(12)16/h3,6-7,9,11H,4-5,8,10,18H2,1-2H3. The maximum atomic E-state index is 14.5. The number of anilines is 2. The highest BCUT2D eigenvalue weighted by molar-refractivity contribution is 5.98. The minimum atomic E-state index is -0.280. The molecule has 112 valence electrons. The van der Waals surface area contributed by atoms with Gasteiger partial charge in [0.05, 0.1) is 11.2 Å². The van der Waals surface area contributed by atoms with Gasteiger partial charge in [0.2, 0.25) is 0 Å². The van der Waals surface area contributed by atoms with Gasteiger partial charge in [0.1, 0.15) is 0 Å². The zero-order valence-corrected chi connectivity index (χ0v) is 12.5. The van der Waals surface area contributed by atoms with Crippen molar-refractivity contribution in [3.05, 3.63) is 30.2 Å². The average Bonchev–Trinajstić information content (AvgIpc) is 2.47. The topological polar surface area (TPSA) is 45.4 Å². The Hall–Kier alpha value is -1.88. The van der Waals surface area contributed by atoms with Gasteiger partial charge in [-0.15, -0.1) is 0 Å². The molecule has 0 bridgehead atoms. The van der Waals surface area contributed by atoms with E-state index >= 15 is 0 Å². The molecule has 21 heavy (non-hydrogen) atoms. The van der Waals surface area contributed by atoms with E-state index in [0.717, 1.165) is 31.3 Å². The molecule has 1 aliphatic rings. The summed E-state index contributed by atoms with van der Waals surface area (Å²) in [5.41, 5.74) is 7.62. The predicted octanol–water partition coefficient (Wildman–Crippen LogP) is 2.49. The molecular weight excluding hydrogens is 267 g/mol. The van der Waals surface area contributed by atoms with Crippen LogP contribution in [-0.4, -0.2) is 43.1 Å². The Morgan fingerprint density at radius 1 is 1.43 bits per heavy atom. The molecule has 0 saturated carbocycles. The number of rotatable bonds is 2. The summed E-state index contributed by atoms with van der Waals surface area (Å²) in [5.74, 6) is -0.280. The molecule has 1 aliphatic heterocycles. The summed E-state index contributed by atoms with van der Waals surface area (Å²) in [5, 5.41) is 0.820. The predicted molar refractivity (Wildman–Crippen MR) is 85.0 cm³/mol. The molecule has 1 unspecified atom stereocenters. The second kappa shape index (κ2) is 5.48. The van der Waals surface area contributed by atoms with E-state index in [0.29, 0.717) is 22.9 Å². The number of aromatic nitrogens is 1. The number of piperidine rings is 1. The molecule has 1 aromatic carbocycles. The molecule has 2 heterocycles. The van der Waals surface area contributed by atoms with E-state index in [4.69, 9.17) is 5.73 Å². The van der Waals surface area contributed by atoms with Crippen LogP contribution < -0.4 is 10.6 Å². The van der Waals surface area contributed by atoms with Crippen molar-refractivity contribution in [3.8, 4) is 0 Å². The van der Waals surface area contributed by atoms with Crippen molar-refractivity contribution in [2.75, 3.05) is 37.8 Å². The van der Waals surface area contributed by atoms with Crippen molar-refractivity contribution in [2.45, 2.75) is 18.9 Å². The Balaban J connectivity index is 2.07. The molecule has 2 aromatic rings. The highest BCUT2D eigenvalue weighted by Gasteiger charge is 2.25. The van der Waals surface area contributed by atoms with Gasteiger partial charge in [-0.3, -0.25) is 4.98 Å². The van der Waals surface area contributed by atoms with Crippen molar-refractivity contribution in [1.82, 2.24) is 9.88 Å². The van der Waals surface area contributed by atoms with Crippen LogP contribution in [0.5, 0.6) is 0 Å². The number of halogens is 1. The van der Waals surface area contributed by atoms with Crippen molar-refractivity contribution >= 4 is 22.3 Å². The van der Waals surface area contributed by atoms with Crippen LogP contribution in [-0.2, 0) is 0 Å². The fourth-order valence-electron chi connectivity index (χ4n) is 3.10. The second-order valence-corrected chi connectivity index (χ2v) is 5.90. The first-order valence-corrected chi connectivity index (χ1v) is 7.32. The lowest BCUT2D eigenvalue weighted by Gasteiger charge is -2.37. The maximum Gasteiger partial charge on any atom is 0.150 e. The van der Waals surface area contributed by atoms with Crippen LogP contribution in [0, 0.1) is 5.82 Å². The number of benzene rings is 1. The van der Waals surface area contributed by atoms with Gasteiger partial charge in [-0.05, 0) is 45.1 Å². The molecule has 5 heteroatoms. The summed E-state index contributed by atoms with van der Waals surface area (Å²) in [7, 11) is 4.15. The van der Waals surface area contributed by atoms with E-state index in [1.807, 2.05) is 12.1 Å². The molecule has 0 spiro atoms. The van der Waals surface area contributed by atoms with E-state index in [1.165, 1.54) is 6.07 Å². The average molecular weight is 288 g/mol. The lowest BCUT2D eigenvalue weighted by atomic mass is 10.0. The first kappa shape index (κ1) is 14.1. The molecular formula is C16H21FN4. The van der Waals surface area contributed by atoms with Crippen molar-refractivity contribution < 1.29 is 4.39 Å². The fraction of sp³-hybridized carbons (Fsp3) is 0.438. The van der Waals surface area contributed by atoms with Gasteiger partial charge >= 0.3 is 0 Å². The fourth-order valence-corrected chi connectivity index (χ4v) is 3.10. The second-order valence-electron chi connectivity index (χ2n) is 5.90. The number of hydrogen-bond acceptors (Lipinski definition) is 4. The number of nitrogens with two attached hydrogens (primary N) is 1. The molecule has 4 nitrogen and oxygen atoms in total. The van der Waals surface area contributed by atoms with E-state index in [-0.39, 0.29) is 5.82 Å². The van der Waals surface area contributed by atoms with Crippen molar-refractivity contribution in [3.63, 3.8) is 0 Å². The third kappa shape index (κ3) is 2.53. The summed E-state index contributed by atoms with van der Waals surface area (Å²) < 4.78 is 14.5. The number of fused-ring (bicyclic) bond motifs is 1. The molecule has 1 saturated heterocycles. The lowest BCUT2D eigenvalue weighted by Crippen LogP contribution is -2.45. The molecule has 0 aliphatic carbocycles. The number of nitrogen functional groups attached to an aromatic ring is 1. The summed E-state index contributed by atoms with van der Waals surface area (Å²) in [6.45, 7) is 1.68. The van der Waals surface area contributed by atoms with Crippen LogP contribution in [0.1, 0.15) is 12.8 Å². The number of pyridine rings is 1. The zero-order chi connectivity index (χ0) is 15.0. The van der Waals surface area contributed by atoms with E-state index in [2.05, 4.69) is 28.9 Å². The summed E-state index contributed by atoms with van der Waals surface area (Å²) >= 11 is 0. The lowest BCUT2D eigenvalue weighted by molar-refractivity contribution is 0.257. The van der Waals surface area contributed by atoms with Crippen LogP contribution in [0.3, 0.4) is 0 Å². The van der Waals surface area contributed by atoms with Gasteiger partial charge in [0.25, 0.3) is 0 Å². The first-order chi connectivity index (χ1) is 10.1. The third-order valence-corrected chi connectivity index (χ3v) is 4.29. The van der Waals surface area contributed by atoms with Crippen molar-refractivity contribution in [2.24, 2.45) is 0 Å². The molecule has 1 fully saturated rings. The molecule has 2 N–H and O–H groups in total. The normalized spacial score (nSPS) is 19.4. The molecule has 1 aromatic heterocycles. The van der Waals surface area contributed by atoms with E-state index in [9.17, 15) is 4.39 Å². The van der Waals surface area contributed by atoms with E-state index in [1.54, 1.807) is 6.20 Å². The molecule has 3 rings (SSSR count). The molecule has 1 atom stereocenters. The zero-order valence-electron chi connectivity index (χ0n) is 12.5. The smallest absolute Gasteiger partial charge is 0.150 e. The van der Waals surface area contributed by atoms with Crippen LogP contribution in [0.15, 0.2) is 24.4 Å². The van der Waals surface area contributed by atoms with Gasteiger partial charge in [-0.2, -0.15) is 0 Å². The van der Waals surface area contributed by atoms with Gasteiger partial charge < -0.3 is 15.5 Å². The highest BCUT2D eigenvalue weighted by Crippen LogP contribution is 2.34. The number of nitrogens with zero attached hydrogens (tertiary/aromatic N) is 3. The van der Waals surface area contributed by atoms with Gasteiger partial charge in [-0.1, -0.05) is 0 Å².